The van der Waals surface area contributed by atoms with Crippen molar-refractivity contribution in [3.05, 3.63) is 23.7 Å². The van der Waals surface area contributed by atoms with E-state index >= 15 is 0 Å². The smallest absolute Gasteiger partial charge is 0.421 e. The zero-order valence-electron chi connectivity index (χ0n) is 14.3. The normalized spacial score (nSPS) is 15.4. The highest BCUT2D eigenvalue weighted by molar-refractivity contribution is 5.73. The predicted molar refractivity (Wildman–Crippen MR) is 89.5 cm³/mol. The van der Waals surface area contributed by atoms with Crippen LogP contribution in [0.4, 0.5) is 30.6 Å². The van der Waals surface area contributed by atoms with Crippen LogP contribution in [0.5, 0.6) is 0 Å². The molecule has 5 N–H and O–H groups in total. The first-order valence-corrected chi connectivity index (χ1v) is 8.13. The molecule has 2 heterocycles. The van der Waals surface area contributed by atoms with Crippen LogP contribution in [0.15, 0.2) is 12.4 Å². The lowest BCUT2D eigenvalue weighted by atomic mass is 10.3. The van der Waals surface area contributed by atoms with E-state index < -0.39 is 23.8 Å². The van der Waals surface area contributed by atoms with E-state index in [0.717, 1.165) is 19.0 Å². The van der Waals surface area contributed by atoms with Crippen molar-refractivity contribution in [2.75, 3.05) is 10.6 Å². The zero-order chi connectivity index (χ0) is 19.8. The summed E-state index contributed by atoms with van der Waals surface area (Å²) >= 11 is 0. The van der Waals surface area contributed by atoms with E-state index in [1.165, 1.54) is 10.9 Å². The molecule has 0 spiro atoms. The Hall–Kier alpha value is -2.89. The lowest BCUT2D eigenvalue weighted by Gasteiger charge is -2.14. The maximum Gasteiger partial charge on any atom is 0.421 e. The van der Waals surface area contributed by atoms with Crippen molar-refractivity contribution < 1.29 is 23.1 Å². The molecule has 1 aliphatic carbocycles. The summed E-state index contributed by atoms with van der Waals surface area (Å²) in [6.07, 6.45) is -0.767. The van der Waals surface area contributed by atoms with Crippen LogP contribution in [-0.4, -0.2) is 42.9 Å². The number of aromatic nitrogens is 4. The highest BCUT2D eigenvalue weighted by atomic mass is 19.4. The summed E-state index contributed by atoms with van der Waals surface area (Å²) in [7, 11) is 0. The minimum atomic E-state index is -4.57. The first-order valence-electron chi connectivity index (χ1n) is 8.13. The van der Waals surface area contributed by atoms with Crippen LogP contribution in [0.25, 0.3) is 0 Å². The summed E-state index contributed by atoms with van der Waals surface area (Å²) in [5.74, 6) is -1.48. The number of hydrogen-bond acceptors (Lipinski definition) is 7. The number of alkyl halides is 3. The largest absolute Gasteiger partial charge is 0.480 e. The Morgan fingerprint density at radius 2 is 2.19 bits per heavy atom. The van der Waals surface area contributed by atoms with E-state index in [4.69, 9.17) is 10.8 Å². The van der Waals surface area contributed by atoms with E-state index in [1.54, 1.807) is 6.92 Å². The Balaban J connectivity index is 1.81. The lowest BCUT2D eigenvalue weighted by Crippen LogP contribution is -2.34. The van der Waals surface area contributed by atoms with Crippen molar-refractivity contribution in [1.82, 2.24) is 19.7 Å². The summed E-state index contributed by atoms with van der Waals surface area (Å²) < 4.78 is 40.7. The molecule has 0 aliphatic heterocycles. The molecule has 0 saturated heterocycles. The van der Waals surface area contributed by atoms with Gasteiger partial charge in [-0.1, -0.05) is 0 Å². The van der Waals surface area contributed by atoms with Crippen LogP contribution in [0.1, 0.15) is 24.1 Å². The zero-order valence-corrected chi connectivity index (χ0v) is 14.3. The standard InChI is InChI=1S/C15H18F3N7O2/c1-7-11(6-25(24-7)5-10(19)13(26)27)22-14-20-4-9(15(16,17)18)12(23-14)21-8-2-3-8/h4,6,8,10H,2-3,5,19H2,1H3,(H,26,27)(H2,20,21,22,23)/t10-/m0/s1. The average molecular weight is 385 g/mol. The lowest BCUT2D eigenvalue weighted by molar-refractivity contribution is -0.139. The number of carboxylic acids is 1. The fourth-order valence-electron chi connectivity index (χ4n) is 2.31. The maximum atomic E-state index is 13.1. The Morgan fingerprint density at radius 3 is 2.78 bits per heavy atom. The number of hydrogen-bond donors (Lipinski definition) is 4. The van der Waals surface area contributed by atoms with Crippen LogP contribution in [0.3, 0.4) is 0 Å². The van der Waals surface area contributed by atoms with Gasteiger partial charge in [-0.3, -0.25) is 9.48 Å². The predicted octanol–water partition coefficient (Wildman–Crippen LogP) is 1.73. The molecule has 0 aromatic carbocycles. The van der Waals surface area contributed by atoms with Crippen LogP contribution < -0.4 is 16.4 Å². The van der Waals surface area contributed by atoms with Crippen molar-refractivity contribution in [3.63, 3.8) is 0 Å². The molecule has 1 fully saturated rings. The third kappa shape index (κ3) is 4.64. The van der Waals surface area contributed by atoms with Crippen LogP contribution >= 0.6 is 0 Å². The summed E-state index contributed by atoms with van der Waals surface area (Å²) in [6, 6.07) is -1.15. The fourth-order valence-corrected chi connectivity index (χ4v) is 2.31. The highest BCUT2D eigenvalue weighted by Gasteiger charge is 2.37. The van der Waals surface area contributed by atoms with Crippen molar-refractivity contribution >= 4 is 23.4 Å². The molecule has 1 atom stereocenters. The molecular weight excluding hydrogens is 367 g/mol. The van der Waals surface area contributed by atoms with Crippen LogP contribution in [-0.2, 0) is 17.5 Å². The maximum absolute atomic E-state index is 13.1. The Kier molecular flexibility index (Phi) is 4.91. The number of nitrogens with zero attached hydrogens (tertiary/aromatic N) is 4. The first-order chi connectivity index (χ1) is 12.6. The van der Waals surface area contributed by atoms with Gasteiger partial charge < -0.3 is 21.5 Å². The summed E-state index contributed by atoms with van der Waals surface area (Å²) in [5, 5.41) is 18.5. The summed E-state index contributed by atoms with van der Waals surface area (Å²) in [5.41, 5.74) is 5.47. The molecule has 0 unspecified atom stereocenters. The molecule has 0 radical (unpaired) electrons. The molecule has 12 heteroatoms. The molecule has 27 heavy (non-hydrogen) atoms. The second kappa shape index (κ2) is 7.02. The fraction of sp³-hybridized carbons (Fsp3) is 0.467. The number of rotatable bonds is 7. The van der Waals surface area contributed by atoms with Crippen molar-refractivity contribution in [2.24, 2.45) is 5.73 Å². The molecular formula is C15H18F3N7O2. The molecule has 1 saturated carbocycles. The molecule has 146 valence electrons. The monoisotopic (exact) mass is 385 g/mol. The SMILES string of the molecule is Cc1nn(C[C@H](N)C(=O)O)cc1Nc1ncc(C(F)(F)F)c(NC2CC2)n1. The van der Waals surface area contributed by atoms with Gasteiger partial charge in [-0.15, -0.1) is 0 Å². The van der Waals surface area contributed by atoms with Gasteiger partial charge in [0.2, 0.25) is 5.95 Å². The molecule has 3 rings (SSSR count). The van der Waals surface area contributed by atoms with Gasteiger partial charge in [0.05, 0.1) is 17.9 Å². The van der Waals surface area contributed by atoms with Crippen molar-refractivity contribution in [2.45, 2.75) is 44.6 Å². The van der Waals surface area contributed by atoms with E-state index in [-0.39, 0.29) is 24.4 Å². The number of halogens is 3. The molecule has 1 aliphatic rings. The quantitative estimate of drug-likeness (QED) is 0.567. The molecule has 2 aromatic heterocycles. The number of aryl methyl sites for hydroxylation is 1. The van der Waals surface area contributed by atoms with Gasteiger partial charge in [0.25, 0.3) is 0 Å². The second-order valence-corrected chi connectivity index (χ2v) is 6.29. The third-order valence-electron chi connectivity index (χ3n) is 3.91. The van der Waals surface area contributed by atoms with Gasteiger partial charge in [-0.25, -0.2) is 4.98 Å². The van der Waals surface area contributed by atoms with E-state index in [2.05, 4.69) is 25.7 Å². The Bertz CT molecular complexity index is 848. The molecule has 9 nitrogen and oxygen atoms in total. The van der Waals surface area contributed by atoms with Crippen molar-refractivity contribution in [3.8, 4) is 0 Å². The minimum Gasteiger partial charge on any atom is -0.480 e. The summed E-state index contributed by atoms with van der Waals surface area (Å²) in [6.45, 7) is 1.60. The third-order valence-corrected chi connectivity index (χ3v) is 3.91. The van der Waals surface area contributed by atoms with Crippen LogP contribution in [0, 0.1) is 6.92 Å². The molecule has 2 aromatic rings. The Labute approximate surface area is 151 Å². The number of carboxylic acid groups (broad SMARTS) is 1. The molecule has 0 amide bonds. The number of nitrogens with one attached hydrogen (secondary N) is 2. The highest BCUT2D eigenvalue weighted by Crippen LogP contribution is 2.36. The Morgan fingerprint density at radius 1 is 1.48 bits per heavy atom. The van der Waals surface area contributed by atoms with Gasteiger partial charge in [0, 0.05) is 18.4 Å². The number of nitrogens with two attached hydrogens (primary N) is 1. The van der Waals surface area contributed by atoms with Crippen LogP contribution in [0.2, 0.25) is 0 Å². The average Bonchev–Trinajstić information content (AvgIpc) is 3.30. The van der Waals surface area contributed by atoms with Gasteiger partial charge in [0.15, 0.2) is 0 Å². The van der Waals surface area contributed by atoms with E-state index in [1.807, 2.05) is 0 Å². The van der Waals surface area contributed by atoms with E-state index in [0.29, 0.717) is 11.4 Å². The second-order valence-electron chi connectivity index (χ2n) is 6.29. The van der Waals surface area contributed by atoms with E-state index in [9.17, 15) is 18.0 Å². The topological polar surface area (TPSA) is 131 Å². The first kappa shape index (κ1) is 18.9. The van der Waals surface area contributed by atoms with Gasteiger partial charge in [0.1, 0.15) is 17.4 Å². The number of anilines is 3. The van der Waals surface area contributed by atoms with Gasteiger partial charge in [-0.2, -0.15) is 23.3 Å². The molecule has 0 bridgehead atoms. The van der Waals surface area contributed by atoms with Gasteiger partial charge in [-0.05, 0) is 19.8 Å². The summed E-state index contributed by atoms with van der Waals surface area (Å²) in [4.78, 5) is 18.5. The minimum absolute atomic E-state index is 0.0177. The van der Waals surface area contributed by atoms with Gasteiger partial charge >= 0.3 is 12.1 Å². The number of carbonyl (C=O) groups is 1. The van der Waals surface area contributed by atoms with Crippen molar-refractivity contribution in [1.29, 1.82) is 0 Å². The number of aliphatic carboxylic acids is 1.